The molecule has 1 fully saturated rings. The van der Waals surface area contributed by atoms with E-state index in [4.69, 9.17) is 4.52 Å². The monoisotopic (exact) mass is 336 g/mol. The van der Waals surface area contributed by atoms with Gasteiger partial charge < -0.3 is 14.7 Å². The Morgan fingerprint density at radius 2 is 1.79 bits per heavy atom. The first-order chi connectivity index (χ1) is 11.5. The highest BCUT2D eigenvalue weighted by molar-refractivity contribution is 5.83. The zero-order chi connectivity index (χ0) is 17.5. The quantitative estimate of drug-likeness (QED) is 0.862. The van der Waals surface area contributed by atoms with Crippen LogP contribution in [0, 0.1) is 0 Å². The maximum Gasteiger partial charge on any atom is 0.248 e. The third-order valence-electron chi connectivity index (χ3n) is 4.25. The zero-order valence-electron chi connectivity index (χ0n) is 14.9. The second-order valence-corrected chi connectivity index (χ2v) is 6.73. The molecule has 1 aliphatic heterocycles. The van der Waals surface area contributed by atoms with Crippen molar-refractivity contribution < 1.29 is 14.1 Å². The van der Waals surface area contributed by atoms with Gasteiger partial charge >= 0.3 is 0 Å². The fourth-order valence-corrected chi connectivity index (χ4v) is 2.73. The molecule has 1 atom stereocenters. The van der Waals surface area contributed by atoms with Crippen LogP contribution in [0.15, 0.2) is 4.52 Å². The molecule has 134 valence electrons. The summed E-state index contributed by atoms with van der Waals surface area (Å²) in [5, 5.41) is 6.70. The average Bonchev–Trinajstić information content (AvgIpc) is 2.89. The van der Waals surface area contributed by atoms with Crippen LogP contribution in [0.1, 0.15) is 83.0 Å². The zero-order valence-corrected chi connectivity index (χ0v) is 14.9. The molecule has 0 saturated carbocycles. The van der Waals surface area contributed by atoms with E-state index in [9.17, 15) is 9.59 Å². The Bertz CT molecular complexity index is 548. The fourth-order valence-electron chi connectivity index (χ4n) is 2.73. The molecule has 1 aliphatic rings. The maximum absolute atomic E-state index is 12.2. The van der Waals surface area contributed by atoms with Gasteiger partial charge in [-0.2, -0.15) is 4.98 Å². The van der Waals surface area contributed by atoms with Gasteiger partial charge in [0.15, 0.2) is 5.82 Å². The van der Waals surface area contributed by atoms with E-state index in [1.54, 1.807) is 6.92 Å². The number of carbonyl (C=O) groups is 2. The minimum Gasteiger partial charge on any atom is -0.345 e. The van der Waals surface area contributed by atoms with E-state index in [0.29, 0.717) is 11.7 Å². The molecule has 0 unspecified atom stereocenters. The van der Waals surface area contributed by atoms with Crippen LogP contribution >= 0.6 is 0 Å². The Morgan fingerprint density at radius 1 is 1.12 bits per heavy atom. The molecule has 1 saturated heterocycles. The van der Waals surface area contributed by atoms with Crippen molar-refractivity contribution in [2.45, 2.75) is 71.3 Å². The number of nitrogens with zero attached hydrogens (tertiary/aromatic N) is 3. The molecule has 2 rings (SSSR count). The van der Waals surface area contributed by atoms with Crippen molar-refractivity contribution in [2.75, 3.05) is 13.1 Å². The Morgan fingerprint density at radius 3 is 2.38 bits per heavy atom. The number of amides is 2. The molecule has 2 heterocycles. The predicted octanol–water partition coefficient (Wildman–Crippen LogP) is 2.55. The van der Waals surface area contributed by atoms with Gasteiger partial charge in [-0.25, -0.2) is 0 Å². The Labute approximate surface area is 143 Å². The lowest BCUT2D eigenvalue weighted by atomic mass is 10.2. The van der Waals surface area contributed by atoms with Gasteiger partial charge in [-0.1, -0.05) is 31.8 Å². The molecule has 0 spiro atoms. The molecule has 1 N–H and O–H groups in total. The first-order valence-electron chi connectivity index (χ1n) is 8.88. The normalized spacial score (nSPS) is 16.8. The molecule has 2 amide bonds. The summed E-state index contributed by atoms with van der Waals surface area (Å²) in [7, 11) is 0. The predicted molar refractivity (Wildman–Crippen MR) is 89.2 cm³/mol. The average molecular weight is 336 g/mol. The molecule has 7 heteroatoms. The second-order valence-electron chi connectivity index (χ2n) is 6.73. The van der Waals surface area contributed by atoms with Crippen LogP contribution in [0.2, 0.25) is 0 Å². The minimum absolute atomic E-state index is 0.0691. The molecule has 1 aromatic heterocycles. The summed E-state index contributed by atoms with van der Waals surface area (Å²) < 4.78 is 5.17. The molecule has 0 radical (unpaired) electrons. The maximum atomic E-state index is 12.2. The highest BCUT2D eigenvalue weighted by Crippen LogP contribution is 2.15. The lowest BCUT2D eigenvalue weighted by Gasteiger charge is -2.20. The number of carbonyl (C=O) groups excluding carboxylic acids is 2. The Balaban J connectivity index is 1.76. The smallest absolute Gasteiger partial charge is 0.248 e. The summed E-state index contributed by atoms with van der Waals surface area (Å²) in [5.41, 5.74) is 0. The Kier molecular flexibility index (Phi) is 6.75. The first-order valence-corrected chi connectivity index (χ1v) is 8.88. The van der Waals surface area contributed by atoms with Crippen molar-refractivity contribution in [3.05, 3.63) is 11.7 Å². The number of hydrogen-bond acceptors (Lipinski definition) is 5. The van der Waals surface area contributed by atoms with Crippen molar-refractivity contribution >= 4 is 11.8 Å². The topological polar surface area (TPSA) is 88.3 Å². The van der Waals surface area contributed by atoms with Crippen LogP contribution in [0.3, 0.4) is 0 Å². The summed E-state index contributed by atoms with van der Waals surface area (Å²) in [6, 6.07) is -0.356. The van der Waals surface area contributed by atoms with Gasteiger partial charge in [0.2, 0.25) is 17.7 Å². The van der Waals surface area contributed by atoms with Gasteiger partial charge in [-0.05, 0) is 19.8 Å². The van der Waals surface area contributed by atoms with E-state index < -0.39 is 0 Å². The van der Waals surface area contributed by atoms with E-state index in [-0.39, 0.29) is 36.6 Å². The van der Waals surface area contributed by atoms with Gasteiger partial charge in [0, 0.05) is 31.8 Å². The molecule has 24 heavy (non-hydrogen) atoms. The van der Waals surface area contributed by atoms with E-state index in [2.05, 4.69) is 15.5 Å². The summed E-state index contributed by atoms with van der Waals surface area (Å²) in [6.45, 7) is 7.39. The molecular weight excluding hydrogens is 308 g/mol. The number of aromatic nitrogens is 2. The van der Waals surface area contributed by atoms with Crippen molar-refractivity contribution in [3.8, 4) is 0 Å². The van der Waals surface area contributed by atoms with E-state index in [1.165, 1.54) is 12.8 Å². The lowest BCUT2D eigenvalue weighted by molar-refractivity contribution is -0.133. The van der Waals surface area contributed by atoms with Crippen LogP contribution in [0.4, 0.5) is 0 Å². The second kappa shape index (κ2) is 8.80. The van der Waals surface area contributed by atoms with Crippen molar-refractivity contribution in [2.24, 2.45) is 0 Å². The molecular formula is C17H28N4O3. The van der Waals surface area contributed by atoms with Crippen LogP contribution in [-0.4, -0.2) is 39.9 Å². The summed E-state index contributed by atoms with van der Waals surface area (Å²) in [6.07, 6.45) is 4.92. The van der Waals surface area contributed by atoms with Crippen molar-refractivity contribution in [1.29, 1.82) is 0 Å². The van der Waals surface area contributed by atoms with Crippen LogP contribution in [-0.2, 0) is 9.59 Å². The standard InChI is InChI=1S/C17H28N4O3/c1-12(2)16-19-17(24-20-16)13(3)18-14(22)8-9-15(23)21-10-6-4-5-7-11-21/h12-13H,4-11H2,1-3H3,(H,18,22)/t13-/m1/s1. The largest absolute Gasteiger partial charge is 0.345 e. The lowest BCUT2D eigenvalue weighted by Crippen LogP contribution is -2.33. The molecule has 0 aromatic carbocycles. The number of likely N-dealkylation sites (tertiary alicyclic amines) is 1. The van der Waals surface area contributed by atoms with Crippen molar-refractivity contribution in [1.82, 2.24) is 20.4 Å². The molecule has 0 bridgehead atoms. The molecule has 7 nitrogen and oxygen atoms in total. The van der Waals surface area contributed by atoms with E-state index in [0.717, 1.165) is 25.9 Å². The van der Waals surface area contributed by atoms with Crippen molar-refractivity contribution in [3.63, 3.8) is 0 Å². The number of rotatable bonds is 6. The molecule has 0 aliphatic carbocycles. The Hall–Kier alpha value is -1.92. The first kappa shape index (κ1) is 18.4. The minimum atomic E-state index is -0.356. The van der Waals surface area contributed by atoms with E-state index >= 15 is 0 Å². The highest BCUT2D eigenvalue weighted by atomic mass is 16.5. The van der Waals surface area contributed by atoms with Gasteiger partial charge in [0.05, 0.1) is 0 Å². The van der Waals surface area contributed by atoms with Crippen LogP contribution in [0.5, 0.6) is 0 Å². The van der Waals surface area contributed by atoms with Gasteiger partial charge in [-0.3, -0.25) is 9.59 Å². The number of hydrogen-bond donors (Lipinski definition) is 1. The molecule has 1 aromatic rings. The summed E-state index contributed by atoms with van der Waals surface area (Å²) in [4.78, 5) is 30.4. The number of nitrogens with one attached hydrogen (secondary N) is 1. The van der Waals surface area contributed by atoms with Crippen LogP contribution < -0.4 is 5.32 Å². The van der Waals surface area contributed by atoms with Crippen LogP contribution in [0.25, 0.3) is 0 Å². The summed E-state index contributed by atoms with van der Waals surface area (Å²) >= 11 is 0. The fraction of sp³-hybridized carbons (Fsp3) is 0.765. The summed E-state index contributed by atoms with van der Waals surface area (Å²) in [5.74, 6) is 1.10. The van der Waals surface area contributed by atoms with Gasteiger partial charge in [0.1, 0.15) is 6.04 Å². The van der Waals surface area contributed by atoms with E-state index in [1.807, 2.05) is 18.7 Å². The third kappa shape index (κ3) is 5.32. The highest BCUT2D eigenvalue weighted by Gasteiger charge is 2.20. The SMILES string of the molecule is CC(C)c1noc([C@@H](C)NC(=O)CCC(=O)N2CCCCCC2)n1. The van der Waals surface area contributed by atoms with Gasteiger partial charge in [0.25, 0.3) is 0 Å². The van der Waals surface area contributed by atoms with Gasteiger partial charge in [-0.15, -0.1) is 0 Å². The third-order valence-corrected chi connectivity index (χ3v) is 4.25.